The number of imide groups is 1. The van der Waals surface area contributed by atoms with Gasteiger partial charge in [0.25, 0.3) is 11.8 Å². The van der Waals surface area contributed by atoms with Crippen molar-refractivity contribution in [2.75, 3.05) is 6.54 Å². The van der Waals surface area contributed by atoms with E-state index in [-0.39, 0.29) is 25.5 Å². The van der Waals surface area contributed by atoms with E-state index in [4.69, 9.17) is 4.74 Å². The zero-order valence-electron chi connectivity index (χ0n) is 10.0. The molecule has 1 aliphatic rings. The van der Waals surface area contributed by atoms with E-state index in [0.29, 0.717) is 5.06 Å². The number of ether oxygens (including phenoxy) is 1. The van der Waals surface area contributed by atoms with Gasteiger partial charge in [-0.3, -0.25) is 14.4 Å². The maximum atomic E-state index is 11.3. The molecule has 100 valence electrons. The van der Waals surface area contributed by atoms with Crippen molar-refractivity contribution in [1.29, 1.82) is 0 Å². The van der Waals surface area contributed by atoms with Crippen LogP contribution in [0.3, 0.4) is 0 Å². The summed E-state index contributed by atoms with van der Waals surface area (Å²) < 4.78 is 20.7. The van der Waals surface area contributed by atoms with Crippen molar-refractivity contribution in [3.63, 3.8) is 0 Å². The molecule has 0 bridgehead atoms. The second kappa shape index (κ2) is 6.53. The first kappa shape index (κ1) is 14.7. The van der Waals surface area contributed by atoms with Crippen LogP contribution in [0.5, 0.6) is 0 Å². The Hall–Kier alpha value is -1.37. The summed E-state index contributed by atoms with van der Waals surface area (Å²) in [7, 11) is -2.52. The van der Waals surface area contributed by atoms with Gasteiger partial charge in [-0.1, -0.05) is 5.09 Å². The van der Waals surface area contributed by atoms with Gasteiger partial charge >= 0.3 is 14.1 Å². The fraction of sp³-hybridized carbons (Fsp3) is 0.667. The third-order valence-electron chi connectivity index (χ3n) is 1.88. The molecule has 9 heteroatoms. The van der Waals surface area contributed by atoms with Crippen molar-refractivity contribution in [2.24, 2.45) is 0 Å². The molecule has 1 atom stereocenters. The Balaban J connectivity index is 2.31. The highest BCUT2D eigenvalue weighted by Gasteiger charge is 2.38. The lowest BCUT2D eigenvalue weighted by molar-refractivity contribution is -0.163. The number of hydroxylamine groups is 2. The molecule has 1 heterocycles. The Morgan fingerprint density at radius 2 is 1.94 bits per heavy atom. The lowest BCUT2D eigenvalue weighted by Crippen LogP contribution is -2.29. The van der Waals surface area contributed by atoms with Gasteiger partial charge in [-0.25, -0.2) is 0 Å². The van der Waals surface area contributed by atoms with Crippen LogP contribution < -0.4 is 5.09 Å². The van der Waals surface area contributed by atoms with Crippen LogP contribution >= 0.6 is 8.18 Å². The summed E-state index contributed by atoms with van der Waals surface area (Å²) in [5.41, 5.74) is 0. The summed E-state index contributed by atoms with van der Waals surface area (Å²) in [4.78, 5) is 33.4. The van der Waals surface area contributed by atoms with Gasteiger partial charge in [0.2, 0.25) is 0 Å². The summed E-state index contributed by atoms with van der Waals surface area (Å²) in [5, 5.41) is 2.68. The molecule has 0 saturated carbocycles. The van der Waals surface area contributed by atoms with Gasteiger partial charge in [0, 0.05) is 17.5 Å². The van der Waals surface area contributed by atoms with E-state index in [1.54, 1.807) is 13.8 Å². The normalized spacial score (nSPS) is 16.4. The first-order chi connectivity index (χ1) is 8.40. The Labute approximate surface area is 104 Å². The number of rotatable bonds is 6. The number of hydrogen-bond donors (Lipinski definition) is 1. The van der Waals surface area contributed by atoms with Crippen molar-refractivity contribution in [1.82, 2.24) is 10.2 Å². The molecular weight excluding hydrogens is 263 g/mol. The third-order valence-corrected chi connectivity index (χ3v) is 2.61. The Morgan fingerprint density at radius 1 is 1.39 bits per heavy atom. The maximum Gasteiger partial charge on any atom is 0.638 e. The molecule has 0 aromatic rings. The van der Waals surface area contributed by atoms with Crippen LogP contribution in [0.4, 0.5) is 0 Å². The first-order valence-corrected chi connectivity index (χ1v) is 6.52. The number of esters is 1. The predicted molar refractivity (Wildman–Crippen MR) is 59.0 cm³/mol. The molecule has 1 unspecified atom stereocenters. The van der Waals surface area contributed by atoms with Crippen molar-refractivity contribution < 1.29 is 28.3 Å². The van der Waals surface area contributed by atoms with Crippen LogP contribution in [0.1, 0.15) is 26.7 Å². The monoisotopic (exact) mass is 277 g/mol. The molecule has 0 aliphatic carbocycles. The highest BCUT2D eigenvalue weighted by molar-refractivity contribution is 7.36. The summed E-state index contributed by atoms with van der Waals surface area (Å²) in [6.07, 6.45) is -0.200. The molecule has 0 aromatic heterocycles. The molecule has 1 rings (SSSR count). The fourth-order valence-corrected chi connectivity index (χ4v) is 1.83. The van der Waals surface area contributed by atoms with E-state index in [1.165, 1.54) is 0 Å². The fourth-order valence-electron chi connectivity index (χ4n) is 1.18. The van der Waals surface area contributed by atoms with Crippen LogP contribution in [-0.2, 0) is 28.3 Å². The molecule has 1 aliphatic heterocycles. The predicted octanol–water partition coefficient (Wildman–Crippen LogP) is 0.266. The number of amides is 2. The van der Waals surface area contributed by atoms with Crippen molar-refractivity contribution >= 4 is 26.0 Å². The Bertz CT molecular complexity index is 367. The number of carbonyl (C=O) groups excluding carboxylic acids is 3. The summed E-state index contributed by atoms with van der Waals surface area (Å²) >= 11 is 0. The van der Waals surface area contributed by atoms with Crippen molar-refractivity contribution in [2.45, 2.75) is 32.8 Å². The standard InChI is InChI=1S/C9H14N2O6P/c1-6(2)16-9(14)5-10-18(15)17-11-7(12)3-4-8(11)13/h6H,3-5H2,1-2H3,(H,10,15)/q+1. The van der Waals surface area contributed by atoms with E-state index in [1.807, 2.05) is 0 Å². The van der Waals surface area contributed by atoms with E-state index < -0.39 is 26.0 Å². The van der Waals surface area contributed by atoms with Gasteiger partial charge in [-0.05, 0) is 18.4 Å². The zero-order chi connectivity index (χ0) is 13.7. The van der Waals surface area contributed by atoms with Crippen molar-refractivity contribution in [3.8, 4) is 0 Å². The maximum absolute atomic E-state index is 11.3. The minimum Gasteiger partial charge on any atom is -0.462 e. The highest BCUT2D eigenvalue weighted by atomic mass is 31.1. The lowest BCUT2D eigenvalue weighted by atomic mass is 10.4. The Morgan fingerprint density at radius 3 is 2.44 bits per heavy atom. The topological polar surface area (TPSA) is 102 Å². The molecule has 0 aromatic carbocycles. The molecule has 8 nitrogen and oxygen atoms in total. The summed E-state index contributed by atoms with van der Waals surface area (Å²) in [5.74, 6) is -1.69. The van der Waals surface area contributed by atoms with Crippen LogP contribution in [0.15, 0.2) is 0 Å². The van der Waals surface area contributed by atoms with Gasteiger partial charge in [-0.15, -0.1) is 5.06 Å². The second-order valence-electron chi connectivity index (χ2n) is 3.79. The number of hydrogen-bond acceptors (Lipinski definition) is 6. The zero-order valence-corrected chi connectivity index (χ0v) is 10.9. The van der Waals surface area contributed by atoms with E-state index in [0.717, 1.165) is 0 Å². The van der Waals surface area contributed by atoms with Gasteiger partial charge in [0.15, 0.2) is 0 Å². The largest absolute Gasteiger partial charge is 0.638 e. The first-order valence-electron chi connectivity index (χ1n) is 5.34. The van der Waals surface area contributed by atoms with Gasteiger partial charge in [0.1, 0.15) is 6.54 Å². The van der Waals surface area contributed by atoms with Crippen LogP contribution in [0.25, 0.3) is 0 Å². The van der Waals surface area contributed by atoms with Crippen LogP contribution in [-0.4, -0.2) is 35.5 Å². The highest BCUT2D eigenvalue weighted by Crippen LogP contribution is 2.23. The lowest BCUT2D eigenvalue weighted by Gasteiger charge is -2.06. The summed E-state index contributed by atoms with van der Waals surface area (Å²) in [6.45, 7) is 3.02. The number of nitrogens with zero attached hydrogens (tertiary/aromatic N) is 1. The minimum atomic E-state index is -2.52. The second-order valence-corrected chi connectivity index (χ2v) is 4.79. The SMILES string of the molecule is CC(C)OC(=O)CN[P+](=O)ON1C(=O)CCC1=O. The third kappa shape index (κ3) is 4.48. The van der Waals surface area contributed by atoms with Crippen LogP contribution in [0, 0.1) is 0 Å². The summed E-state index contributed by atoms with van der Waals surface area (Å²) in [6, 6.07) is 0. The molecule has 0 radical (unpaired) electrons. The van der Waals surface area contributed by atoms with E-state index in [2.05, 4.69) is 9.71 Å². The Kier molecular flexibility index (Phi) is 5.33. The van der Waals surface area contributed by atoms with Gasteiger partial charge in [-0.2, -0.15) is 0 Å². The molecule has 1 fully saturated rings. The van der Waals surface area contributed by atoms with Crippen LogP contribution in [0.2, 0.25) is 0 Å². The van der Waals surface area contributed by atoms with E-state index >= 15 is 0 Å². The van der Waals surface area contributed by atoms with E-state index in [9.17, 15) is 18.9 Å². The quantitative estimate of drug-likeness (QED) is 0.422. The molecular formula is C9H14N2O6P+. The number of nitrogens with one attached hydrogen (secondary N) is 1. The van der Waals surface area contributed by atoms with Gasteiger partial charge < -0.3 is 4.74 Å². The minimum absolute atomic E-state index is 0.0391. The molecule has 1 N–H and O–H groups in total. The average molecular weight is 277 g/mol. The van der Waals surface area contributed by atoms with Crippen molar-refractivity contribution in [3.05, 3.63) is 0 Å². The smallest absolute Gasteiger partial charge is 0.462 e. The molecule has 2 amide bonds. The average Bonchev–Trinajstić information content (AvgIpc) is 2.57. The molecule has 1 saturated heterocycles. The number of carbonyl (C=O) groups is 3. The van der Waals surface area contributed by atoms with Gasteiger partial charge in [0.05, 0.1) is 6.10 Å². The molecule has 0 spiro atoms. The molecule has 18 heavy (non-hydrogen) atoms.